The Kier molecular flexibility index (Phi) is 10.5. The minimum Gasteiger partial charge on any atom is -0.493 e. The molecule has 9 heteroatoms. The van der Waals surface area contributed by atoms with E-state index in [4.69, 9.17) is 9.47 Å². The highest BCUT2D eigenvalue weighted by molar-refractivity contribution is 7.09. The predicted molar refractivity (Wildman–Crippen MR) is 149 cm³/mol. The number of carbonyl (C=O) groups excluding carboxylic acids is 1. The number of amides is 1. The van der Waals surface area contributed by atoms with E-state index in [1.165, 1.54) is 42.7 Å². The SMILES string of the molecule is COc1ccc(CCN(Cc2ccc(F)cc2)Cc2nc(C(=O)NCCN3CCCCC3)cs2)cc1OC. The lowest BCUT2D eigenvalue weighted by molar-refractivity contribution is 0.0942. The molecular weight excluding hydrogens is 503 g/mol. The molecule has 1 amide bonds. The highest BCUT2D eigenvalue weighted by atomic mass is 32.1. The summed E-state index contributed by atoms with van der Waals surface area (Å²) in [5.74, 6) is 1.02. The fourth-order valence-electron chi connectivity index (χ4n) is 4.67. The van der Waals surface area contributed by atoms with Gasteiger partial charge in [-0.3, -0.25) is 9.69 Å². The van der Waals surface area contributed by atoms with Crippen molar-refractivity contribution in [1.29, 1.82) is 0 Å². The second kappa shape index (κ2) is 14.2. The third-order valence-electron chi connectivity index (χ3n) is 6.79. The maximum atomic E-state index is 13.5. The largest absolute Gasteiger partial charge is 0.493 e. The van der Waals surface area contributed by atoms with Gasteiger partial charge in [0.1, 0.15) is 16.5 Å². The van der Waals surface area contributed by atoms with Crippen LogP contribution in [0.15, 0.2) is 47.8 Å². The lowest BCUT2D eigenvalue weighted by Crippen LogP contribution is -2.37. The molecule has 1 aliphatic heterocycles. The van der Waals surface area contributed by atoms with E-state index in [0.29, 0.717) is 36.8 Å². The third kappa shape index (κ3) is 8.24. The number of halogens is 1. The molecule has 1 N–H and O–H groups in total. The van der Waals surface area contributed by atoms with Crippen molar-refractivity contribution in [3.05, 3.63) is 75.5 Å². The summed E-state index contributed by atoms with van der Waals surface area (Å²) in [5.41, 5.74) is 2.61. The number of nitrogens with one attached hydrogen (secondary N) is 1. The van der Waals surface area contributed by atoms with Gasteiger partial charge < -0.3 is 19.7 Å². The van der Waals surface area contributed by atoms with Gasteiger partial charge in [0.2, 0.25) is 0 Å². The molecule has 1 fully saturated rings. The van der Waals surface area contributed by atoms with Gasteiger partial charge in [0.25, 0.3) is 5.91 Å². The highest BCUT2D eigenvalue weighted by Crippen LogP contribution is 2.28. The molecule has 3 aromatic rings. The van der Waals surface area contributed by atoms with Crippen LogP contribution >= 0.6 is 11.3 Å². The van der Waals surface area contributed by atoms with Crippen LogP contribution in [0.1, 0.15) is 45.9 Å². The van der Waals surface area contributed by atoms with E-state index in [2.05, 4.69) is 20.1 Å². The van der Waals surface area contributed by atoms with E-state index in [0.717, 1.165) is 48.7 Å². The Bertz CT molecular complexity index is 1160. The molecular formula is C29H37FN4O3S. The number of piperidine rings is 1. The monoisotopic (exact) mass is 540 g/mol. The van der Waals surface area contributed by atoms with Crippen molar-refractivity contribution in [2.75, 3.05) is 46.9 Å². The number of rotatable bonds is 13. The van der Waals surface area contributed by atoms with E-state index in [1.807, 2.05) is 35.7 Å². The van der Waals surface area contributed by atoms with Crippen molar-refractivity contribution in [2.24, 2.45) is 0 Å². The molecule has 38 heavy (non-hydrogen) atoms. The Morgan fingerprint density at radius 1 is 1.03 bits per heavy atom. The molecule has 0 aliphatic carbocycles. The van der Waals surface area contributed by atoms with E-state index < -0.39 is 0 Å². The Balaban J connectivity index is 1.37. The maximum Gasteiger partial charge on any atom is 0.270 e. The number of carbonyl (C=O) groups is 1. The number of methoxy groups -OCH3 is 2. The van der Waals surface area contributed by atoms with Crippen LogP contribution in [0.3, 0.4) is 0 Å². The van der Waals surface area contributed by atoms with Gasteiger partial charge in [0, 0.05) is 31.6 Å². The number of benzene rings is 2. The third-order valence-corrected chi connectivity index (χ3v) is 7.62. The van der Waals surface area contributed by atoms with Gasteiger partial charge in [-0.1, -0.05) is 24.6 Å². The summed E-state index contributed by atoms with van der Waals surface area (Å²) in [5, 5.41) is 5.72. The fourth-order valence-corrected chi connectivity index (χ4v) is 5.48. The van der Waals surface area contributed by atoms with Crippen molar-refractivity contribution < 1.29 is 18.7 Å². The van der Waals surface area contributed by atoms with Crippen molar-refractivity contribution in [3.63, 3.8) is 0 Å². The number of thiazole rings is 1. The molecule has 4 rings (SSSR count). The molecule has 0 radical (unpaired) electrons. The summed E-state index contributed by atoms with van der Waals surface area (Å²) >= 11 is 1.49. The van der Waals surface area contributed by atoms with Crippen LogP contribution in [0.5, 0.6) is 11.5 Å². The van der Waals surface area contributed by atoms with E-state index in [-0.39, 0.29) is 11.7 Å². The highest BCUT2D eigenvalue weighted by Gasteiger charge is 2.16. The fraction of sp³-hybridized carbons (Fsp3) is 0.448. The van der Waals surface area contributed by atoms with Gasteiger partial charge >= 0.3 is 0 Å². The zero-order chi connectivity index (χ0) is 26.7. The molecule has 1 aliphatic rings. The molecule has 1 saturated heterocycles. The zero-order valence-corrected chi connectivity index (χ0v) is 23.1. The van der Waals surface area contributed by atoms with Gasteiger partial charge in [-0.2, -0.15) is 0 Å². The molecule has 0 unspecified atom stereocenters. The molecule has 0 saturated carbocycles. The molecule has 0 bridgehead atoms. The summed E-state index contributed by atoms with van der Waals surface area (Å²) in [6.45, 7) is 5.73. The zero-order valence-electron chi connectivity index (χ0n) is 22.2. The number of hydrogen-bond acceptors (Lipinski definition) is 7. The second-order valence-corrected chi connectivity index (χ2v) is 10.5. The van der Waals surface area contributed by atoms with Crippen LogP contribution in [0.2, 0.25) is 0 Å². The normalized spacial score (nSPS) is 14.0. The average molecular weight is 541 g/mol. The average Bonchev–Trinajstić information content (AvgIpc) is 3.42. The van der Waals surface area contributed by atoms with Gasteiger partial charge in [-0.15, -0.1) is 11.3 Å². The molecule has 7 nitrogen and oxygen atoms in total. The number of nitrogens with zero attached hydrogens (tertiary/aromatic N) is 3. The Hall–Kier alpha value is -3.01. The van der Waals surface area contributed by atoms with Crippen molar-refractivity contribution >= 4 is 17.2 Å². The first kappa shape index (κ1) is 28.0. The maximum absolute atomic E-state index is 13.5. The molecule has 204 valence electrons. The van der Waals surface area contributed by atoms with Crippen LogP contribution in [0, 0.1) is 5.82 Å². The summed E-state index contributed by atoms with van der Waals surface area (Å²) in [7, 11) is 3.26. The summed E-state index contributed by atoms with van der Waals surface area (Å²) in [4.78, 5) is 22.0. The van der Waals surface area contributed by atoms with E-state index in [1.54, 1.807) is 14.2 Å². The van der Waals surface area contributed by atoms with Gasteiger partial charge in [0.05, 0.1) is 20.8 Å². The number of hydrogen-bond donors (Lipinski definition) is 1. The van der Waals surface area contributed by atoms with E-state index >= 15 is 0 Å². The molecule has 0 atom stereocenters. The quantitative estimate of drug-likeness (QED) is 0.337. The Morgan fingerprint density at radius 3 is 2.50 bits per heavy atom. The van der Waals surface area contributed by atoms with Crippen LogP contribution < -0.4 is 14.8 Å². The first-order valence-electron chi connectivity index (χ1n) is 13.2. The lowest BCUT2D eigenvalue weighted by Gasteiger charge is -2.26. The summed E-state index contributed by atoms with van der Waals surface area (Å²) in [6.07, 6.45) is 4.57. The summed E-state index contributed by atoms with van der Waals surface area (Å²) in [6, 6.07) is 12.5. The van der Waals surface area contributed by atoms with Crippen molar-refractivity contribution in [2.45, 2.75) is 38.8 Å². The molecule has 0 spiro atoms. The van der Waals surface area contributed by atoms with Gasteiger partial charge in [-0.05, 0) is 67.7 Å². The number of ether oxygens (including phenoxy) is 2. The smallest absolute Gasteiger partial charge is 0.270 e. The van der Waals surface area contributed by atoms with Crippen LogP contribution in [0.25, 0.3) is 0 Å². The van der Waals surface area contributed by atoms with Crippen molar-refractivity contribution in [1.82, 2.24) is 20.1 Å². The lowest BCUT2D eigenvalue weighted by atomic mass is 10.1. The van der Waals surface area contributed by atoms with Gasteiger partial charge in [-0.25, -0.2) is 9.37 Å². The predicted octanol–water partition coefficient (Wildman–Crippen LogP) is 4.76. The van der Waals surface area contributed by atoms with Crippen molar-refractivity contribution in [3.8, 4) is 11.5 Å². The van der Waals surface area contributed by atoms with Crippen LogP contribution in [0.4, 0.5) is 4.39 Å². The number of likely N-dealkylation sites (tertiary alicyclic amines) is 1. The summed E-state index contributed by atoms with van der Waals surface area (Å²) < 4.78 is 24.3. The minimum atomic E-state index is -0.249. The Morgan fingerprint density at radius 2 is 1.76 bits per heavy atom. The minimum absolute atomic E-state index is 0.125. The first-order chi connectivity index (χ1) is 18.5. The topological polar surface area (TPSA) is 66.9 Å². The standard InChI is InChI=1S/C29H37FN4O3S/c1-36-26-11-8-22(18-27(26)37-2)12-16-34(19-23-6-9-24(30)10-7-23)20-28-32-25(21-38-28)29(35)31-13-17-33-14-4-3-5-15-33/h6-11,18,21H,3-5,12-17,19-20H2,1-2H3,(H,31,35). The van der Waals surface area contributed by atoms with Crippen LogP contribution in [-0.2, 0) is 19.5 Å². The first-order valence-corrected chi connectivity index (χ1v) is 14.0. The molecule has 1 aromatic heterocycles. The van der Waals surface area contributed by atoms with E-state index in [9.17, 15) is 9.18 Å². The molecule has 2 aromatic carbocycles. The second-order valence-electron chi connectivity index (χ2n) is 9.56. The van der Waals surface area contributed by atoms with Gasteiger partial charge in [0.15, 0.2) is 11.5 Å². The Labute approximate surface area is 228 Å². The molecule has 2 heterocycles. The van der Waals surface area contributed by atoms with Crippen LogP contribution in [-0.4, -0.2) is 67.6 Å². The number of aromatic nitrogens is 1.